The molecule has 2 aromatic rings. The summed E-state index contributed by atoms with van der Waals surface area (Å²) in [6, 6.07) is 9.27. The molecule has 0 spiro atoms. The van der Waals surface area contributed by atoms with Crippen molar-refractivity contribution in [3.05, 3.63) is 52.2 Å². The molecule has 0 heterocycles. The van der Waals surface area contributed by atoms with E-state index in [9.17, 15) is 10.1 Å². The van der Waals surface area contributed by atoms with E-state index in [2.05, 4.69) is 0 Å². The van der Waals surface area contributed by atoms with Crippen molar-refractivity contribution in [3.8, 4) is 11.5 Å². The molecule has 0 N–H and O–H groups in total. The van der Waals surface area contributed by atoms with E-state index < -0.39 is 4.92 Å². The number of nitro groups is 1. The monoisotopic (exact) mass is 259 g/mol. The van der Waals surface area contributed by atoms with Crippen molar-refractivity contribution in [1.82, 2.24) is 0 Å². The molecule has 0 aliphatic rings. The highest BCUT2D eigenvalue weighted by molar-refractivity contribution is 5.92. The van der Waals surface area contributed by atoms with Gasteiger partial charge in [0.1, 0.15) is 0 Å². The second kappa shape index (κ2) is 5.39. The van der Waals surface area contributed by atoms with Crippen LogP contribution in [0, 0.1) is 10.1 Å². The Balaban J connectivity index is 2.59. The van der Waals surface area contributed by atoms with Crippen molar-refractivity contribution >= 4 is 16.8 Å². The van der Waals surface area contributed by atoms with E-state index in [0.717, 1.165) is 22.5 Å². The Morgan fingerprint density at radius 3 is 2.53 bits per heavy atom. The molecule has 0 amide bonds. The summed E-state index contributed by atoms with van der Waals surface area (Å²) in [6.07, 6.45) is 2.35. The Labute approximate surface area is 110 Å². The standard InChI is InChI=1S/C14H13NO4/c1-18-13-6-5-11-4-3-10(7-8-15(16)17)9-12(11)14(13)19-2/h3-9H,1-2H3. The molecule has 5 heteroatoms. The maximum Gasteiger partial charge on any atom is 0.235 e. The van der Waals surface area contributed by atoms with Crippen LogP contribution in [0.5, 0.6) is 11.5 Å². The van der Waals surface area contributed by atoms with Crippen LogP contribution in [0.15, 0.2) is 36.5 Å². The summed E-state index contributed by atoms with van der Waals surface area (Å²) in [6.45, 7) is 0. The average molecular weight is 259 g/mol. The van der Waals surface area contributed by atoms with E-state index in [0.29, 0.717) is 11.5 Å². The average Bonchev–Trinajstić information content (AvgIpc) is 2.43. The minimum atomic E-state index is -0.493. The molecule has 0 bridgehead atoms. The number of methoxy groups -OCH3 is 2. The predicted octanol–water partition coefficient (Wildman–Crippen LogP) is 3.10. The Bertz CT molecular complexity index is 649. The summed E-state index contributed by atoms with van der Waals surface area (Å²) in [5, 5.41) is 12.2. The van der Waals surface area contributed by atoms with Crippen LogP contribution in [0.4, 0.5) is 0 Å². The molecule has 0 aliphatic carbocycles. The number of rotatable bonds is 4. The van der Waals surface area contributed by atoms with E-state index in [1.54, 1.807) is 14.2 Å². The number of hydrogen-bond donors (Lipinski definition) is 0. The lowest BCUT2D eigenvalue weighted by Gasteiger charge is -2.10. The summed E-state index contributed by atoms with van der Waals surface area (Å²) in [5.41, 5.74) is 0.732. The minimum absolute atomic E-state index is 0.493. The van der Waals surface area contributed by atoms with Crippen molar-refractivity contribution < 1.29 is 14.4 Å². The van der Waals surface area contributed by atoms with Gasteiger partial charge in [0, 0.05) is 11.5 Å². The number of nitrogens with zero attached hydrogens (tertiary/aromatic N) is 1. The zero-order chi connectivity index (χ0) is 13.8. The first-order valence-corrected chi connectivity index (χ1v) is 5.62. The predicted molar refractivity (Wildman–Crippen MR) is 73.1 cm³/mol. The van der Waals surface area contributed by atoms with Gasteiger partial charge in [-0.1, -0.05) is 18.2 Å². The van der Waals surface area contributed by atoms with Crippen molar-refractivity contribution in [2.75, 3.05) is 14.2 Å². The quantitative estimate of drug-likeness (QED) is 0.625. The zero-order valence-corrected chi connectivity index (χ0v) is 10.6. The van der Waals surface area contributed by atoms with Gasteiger partial charge in [-0.25, -0.2) is 0 Å². The minimum Gasteiger partial charge on any atom is -0.493 e. The number of hydrogen-bond acceptors (Lipinski definition) is 4. The fourth-order valence-electron chi connectivity index (χ4n) is 1.91. The van der Waals surface area contributed by atoms with Gasteiger partial charge < -0.3 is 9.47 Å². The van der Waals surface area contributed by atoms with Gasteiger partial charge in [-0.05, 0) is 23.1 Å². The first kappa shape index (κ1) is 12.9. The van der Waals surface area contributed by atoms with Crippen LogP contribution < -0.4 is 9.47 Å². The van der Waals surface area contributed by atoms with Gasteiger partial charge >= 0.3 is 0 Å². The van der Waals surface area contributed by atoms with Crippen LogP contribution in [0.25, 0.3) is 16.8 Å². The highest BCUT2D eigenvalue weighted by atomic mass is 16.6. The maximum atomic E-state index is 10.3. The van der Waals surface area contributed by atoms with Crippen LogP contribution in [-0.2, 0) is 0 Å². The van der Waals surface area contributed by atoms with E-state index in [1.165, 1.54) is 6.08 Å². The van der Waals surface area contributed by atoms with Gasteiger partial charge in [-0.2, -0.15) is 0 Å². The highest BCUT2D eigenvalue weighted by Crippen LogP contribution is 2.35. The third kappa shape index (κ3) is 2.65. The summed E-state index contributed by atoms with van der Waals surface area (Å²) in [4.78, 5) is 9.84. The van der Waals surface area contributed by atoms with Crippen LogP contribution in [0.2, 0.25) is 0 Å². The number of benzene rings is 2. The third-order valence-corrected chi connectivity index (χ3v) is 2.77. The lowest BCUT2D eigenvalue weighted by Crippen LogP contribution is -1.91. The fourth-order valence-corrected chi connectivity index (χ4v) is 1.91. The van der Waals surface area contributed by atoms with Crippen molar-refractivity contribution in [2.24, 2.45) is 0 Å². The molecule has 0 saturated heterocycles. The molecule has 0 saturated carbocycles. The molecule has 5 nitrogen and oxygen atoms in total. The van der Waals surface area contributed by atoms with Crippen molar-refractivity contribution in [1.29, 1.82) is 0 Å². The van der Waals surface area contributed by atoms with Crippen molar-refractivity contribution in [2.45, 2.75) is 0 Å². The summed E-state index contributed by atoms with van der Waals surface area (Å²) >= 11 is 0. The van der Waals surface area contributed by atoms with E-state index in [1.807, 2.05) is 30.3 Å². The molecule has 2 rings (SSSR count). The lowest BCUT2D eigenvalue weighted by molar-refractivity contribution is -0.400. The highest BCUT2D eigenvalue weighted by Gasteiger charge is 2.08. The second-order valence-electron chi connectivity index (χ2n) is 3.88. The smallest absolute Gasteiger partial charge is 0.235 e. The van der Waals surface area contributed by atoms with Crippen LogP contribution >= 0.6 is 0 Å². The Kier molecular flexibility index (Phi) is 3.66. The Morgan fingerprint density at radius 2 is 1.89 bits per heavy atom. The molecule has 0 aliphatic heterocycles. The van der Waals surface area contributed by atoms with Crippen LogP contribution in [0.1, 0.15) is 5.56 Å². The van der Waals surface area contributed by atoms with Gasteiger partial charge in [0.2, 0.25) is 6.20 Å². The van der Waals surface area contributed by atoms with Gasteiger partial charge in [0.15, 0.2) is 11.5 Å². The first-order valence-electron chi connectivity index (χ1n) is 5.62. The molecule has 0 radical (unpaired) electrons. The number of fused-ring (bicyclic) bond motifs is 1. The number of ether oxygens (including phenoxy) is 2. The molecule has 0 aromatic heterocycles. The van der Waals surface area contributed by atoms with Gasteiger partial charge in [-0.15, -0.1) is 0 Å². The van der Waals surface area contributed by atoms with Crippen LogP contribution in [0.3, 0.4) is 0 Å². The molecule has 19 heavy (non-hydrogen) atoms. The third-order valence-electron chi connectivity index (χ3n) is 2.77. The summed E-state index contributed by atoms with van der Waals surface area (Å²) < 4.78 is 10.6. The Hall–Kier alpha value is -2.56. The topological polar surface area (TPSA) is 61.6 Å². The molecule has 0 atom stereocenters. The molecular formula is C14H13NO4. The second-order valence-corrected chi connectivity index (χ2v) is 3.88. The SMILES string of the molecule is COc1ccc2ccc(C=C[N+](=O)[O-])cc2c1OC. The summed E-state index contributed by atoms with van der Waals surface area (Å²) in [7, 11) is 3.14. The maximum absolute atomic E-state index is 10.3. The van der Waals surface area contributed by atoms with Gasteiger partial charge in [0.25, 0.3) is 0 Å². The molecule has 2 aromatic carbocycles. The van der Waals surface area contributed by atoms with Gasteiger partial charge in [0.05, 0.1) is 19.1 Å². The fraction of sp³-hybridized carbons (Fsp3) is 0.143. The first-order chi connectivity index (χ1) is 9.15. The Morgan fingerprint density at radius 1 is 1.16 bits per heavy atom. The van der Waals surface area contributed by atoms with Crippen molar-refractivity contribution in [3.63, 3.8) is 0 Å². The van der Waals surface area contributed by atoms with Crippen LogP contribution in [-0.4, -0.2) is 19.1 Å². The van der Waals surface area contributed by atoms with Gasteiger partial charge in [-0.3, -0.25) is 10.1 Å². The summed E-state index contributed by atoms with van der Waals surface area (Å²) in [5.74, 6) is 1.25. The van der Waals surface area contributed by atoms with E-state index in [4.69, 9.17) is 9.47 Å². The molecular weight excluding hydrogens is 246 g/mol. The van der Waals surface area contributed by atoms with E-state index in [-0.39, 0.29) is 0 Å². The molecule has 0 fully saturated rings. The molecule has 0 unspecified atom stereocenters. The lowest BCUT2D eigenvalue weighted by atomic mass is 10.1. The van der Waals surface area contributed by atoms with E-state index >= 15 is 0 Å². The molecule has 98 valence electrons. The largest absolute Gasteiger partial charge is 0.493 e. The normalized spacial score (nSPS) is 10.8. The zero-order valence-electron chi connectivity index (χ0n) is 10.6.